The summed E-state index contributed by atoms with van der Waals surface area (Å²) in [7, 11) is 0. The highest BCUT2D eigenvalue weighted by Gasteiger charge is 2.22. The summed E-state index contributed by atoms with van der Waals surface area (Å²) in [4.78, 5) is 41.0. The summed E-state index contributed by atoms with van der Waals surface area (Å²) in [5.74, 6) is -0.531. The van der Waals surface area contributed by atoms with Gasteiger partial charge >= 0.3 is 6.03 Å². The van der Waals surface area contributed by atoms with Crippen LogP contribution in [0.5, 0.6) is 0 Å². The molecule has 0 saturated heterocycles. The lowest BCUT2D eigenvalue weighted by atomic mass is 10.1. The molecule has 0 saturated carbocycles. The Morgan fingerprint density at radius 1 is 0.900 bits per heavy atom. The lowest BCUT2D eigenvalue weighted by Crippen LogP contribution is -2.45. The number of amides is 4. The van der Waals surface area contributed by atoms with Crippen molar-refractivity contribution in [2.45, 2.75) is 38.6 Å². The quantitative estimate of drug-likeness (QED) is 0.146. The van der Waals surface area contributed by atoms with Crippen molar-refractivity contribution in [1.82, 2.24) is 15.6 Å². The number of unbranched alkanes of at least 4 members (excludes halogenated alkanes) is 1. The summed E-state index contributed by atoms with van der Waals surface area (Å²) in [6.07, 6.45) is 2.50. The third kappa shape index (κ3) is 6.32. The third-order valence-corrected chi connectivity index (χ3v) is 7.12. The van der Waals surface area contributed by atoms with E-state index in [1.165, 1.54) is 16.7 Å². The molecule has 1 aromatic heterocycles. The highest BCUT2D eigenvalue weighted by molar-refractivity contribution is 6.00. The Kier molecular flexibility index (Phi) is 8.12. The molecule has 5 rings (SSSR count). The number of carbonyl (C=O) groups excluding carboxylic acids is 3. The number of anilines is 2. The molecule has 4 amide bonds. The van der Waals surface area contributed by atoms with E-state index in [-0.39, 0.29) is 18.4 Å². The van der Waals surface area contributed by atoms with Crippen molar-refractivity contribution in [2.24, 2.45) is 5.73 Å². The van der Waals surface area contributed by atoms with Crippen molar-refractivity contribution in [3.8, 4) is 11.1 Å². The second-order valence-corrected chi connectivity index (χ2v) is 10.2. The standard InChI is InChI=1S/C31H34N6O3/c1-19-14-22-17-23(10-12-27(22)34-19)35-30(39)28(8-4-5-13-33-29(38)18-32)37-31(40)36-24-9-11-26-21(16-24)15-20-6-2-3-7-25(20)26/h2-3,6-7,9-12,14,16-17,28,34H,4-5,8,13,15,18,32H2,1H3,(H,33,38)(H,35,39)(H2,36,37,40)/t28-/m0/s1. The van der Waals surface area contributed by atoms with E-state index in [4.69, 9.17) is 5.73 Å². The first kappa shape index (κ1) is 27.0. The van der Waals surface area contributed by atoms with Gasteiger partial charge in [0.1, 0.15) is 6.04 Å². The largest absolute Gasteiger partial charge is 0.359 e. The van der Waals surface area contributed by atoms with E-state index in [9.17, 15) is 14.4 Å². The van der Waals surface area contributed by atoms with Crippen molar-refractivity contribution < 1.29 is 14.4 Å². The molecule has 0 aliphatic heterocycles. The summed E-state index contributed by atoms with van der Waals surface area (Å²) in [6, 6.07) is 20.6. The molecule has 1 aliphatic rings. The van der Waals surface area contributed by atoms with E-state index >= 15 is 0 Å². The van der Waals surface area contributed by atoms with Crippen molar-refractivity contribution in [2.75, 3.05) is 23.7 Å². The van der Waals surface area contributed by atoms with Gasteiger partial charge in [0.2, 0.25) is 11.8 Å². The minimum Gasteiger partial charge on any atom is -0.359 e. The van der Waals surface area contributed by atoms with Gasteiger partial charge in [0.25, 0.3) is 0 Å². The van der Waals surface area contributed by atoms with Crippen molar-refractivity contribution in [3.05, 3.63) is 83.6 Å². The third-order valence-electron chi connectivity index (χ3n) is 7.12. The van der Waals surface area contributed by atoms with Crippen LogP contribution in [0.4, 0.5) is 16.2 Å². The van der Waals surface area contributed by atoms with Crippen molar-refractivity contribution >= 4 is 40.1 Å². The maximum Gasteiger partial charge on any atom is 0.319 e. The first-order chi connectivity index (χ1) is 19.4. The molecule has 3 aromatic carbocycles. The Labute approximate surface area is 232 Å². The number of carbonyl (C=O) groups is 3. The molecule has 1 atom stereocenters. The van der Waals surface area contributed by atoms with Gasteiger partial charge in [-0.2, -0.15) is 0 Å². The molecule has 0 unspecified atom stereocenters. The van der Waals surface area contributed by atoms with Gasteiger partial charge in [-0.05, 0) is 91.3 Å². The molecule has 1 heterocycles. The summed E-state index contributed by atoms with van der Waals surface area (Å²) < 4.78 is 0. The lowest BCUT2D eigenvalue weighted by molar-refractivity contribution is -0.120. The lowest BCUT2D eigenvalue weighted by Gasteiger charge is -2.19. The van der Waals surface area contributed by atoms with Crippen LogP contribution in [-0.2, 0) is 16.0 Å². The Bertz CT molecular complexity index is 1560. The number of aryl methyl sites for hydroxylation is 1. The molecule has 0 radical (unpaired) electrons. The van der Waals surface area contributed by atoms with Gasteiger partial charge in [-0.25, -0.2) is 4.79 Å². The van der Waals surface area contributed by atoms with E-state index in [0.29, 0.717) is 37.2 Å². The Balaban J connectivity index is 1.23. The van der Waals surface area contributed by atoms with Gasteiger partial charge in [0, 0.05) is 34.5 Å². The number of aromatic amines is 1. The predicted octanol–water partition coefficient (Wildman–Crippen LogP) is 4.42. The smallest absolute Gasteiger partial charge is 0.319 e. The molecule has 1 aliphatic carbocycles. The predicted molar refractivity (Wildman–Crippen MR) is 158 cm³/mol. The van der Waals surface area contributed by atoms with Crippen LogP contribution in [-0.4, -0.2) is 42.0 Å². The zero-order chi connectivity index (χ0) is 28.1. The minimum atomic E-state index is -0.771. The fourth-order valence-electron chi connectivity index (χ4n) is 5.18. The summed E-state index contributed by atoms with van der Waals surface area (Å²) >= 11 is 0. The Morgan fingerprint density at radius 2 is 1.68 bits per heavy atom. The van der Waals surface area contributed by atoms with Gasteiger partial charge in [0.15, 0.2) is 0 Å². The molecule has 0 spiro atoms. The van der Waals surface area contributed by atoms with Crippen LogP contribution in [0.25, 0.3) is 22.0 Å². The topological polar surface area (TPSA) is 141 Å². The van der Waals surface area contributed by atoms with E-state index in [2.05, 4.69) is 38.4 Å². The SMILES string of the molecule is Cc1cc2cc(NC(=O)[C@H](CCCCNC(=O)CN)NC(=O)Nc3ccc4c(c3)Cc3ccccc3-4)ccc2[nH]1. The number of benzene rings is 3. The molecule has 206 valence electrons. The van der Waals surface area contributed by atoms with E-state index in [1.54, 1.807) is 0 Å². The summed E-state index contributed by atoms with van der Waals surface area (Å²) in [6.45, 7) is 2.37. The van der Waals surface area contributed by atoms with Gasteiger partial charge in [-0.15, -0.1) is 0 Å². The molecule has 0 bridgehead atoms. The molecular formula is C31H34N6O3. The van der Waals surface area contributed by atoms with Crippen molar-refractivity contribution in [1.29, 1.82) is 0 Å². The number of urea groups is 1. The fraction of sp³-hybridized carbons (Fsp3) is 0.258. The van der Waals surface area contributed by atoms with E-state index in [0.717, 1.165) is 28.6 Å². The number of hydrogen-bond acceptors (Lipinski definition) is 4. The summed E-state index contributed by atoms with van der Waals surface area (Å²) in [5, 5.41) is 12.4. The van der Waals surface area contributed by atoms with Crippen LogP contribution in [0.1, 0.15) is 36.1 Å². The van der Waals surface area contributed by atoms with Gasteiger partial charge < -0.3 is 32.0 Å². The van der Waals surface area contributed by atoms with Crippen LogP contribution in [0, 0.1) is 6.92 Å². The maximum atomic E-state index is 13.3. The highest BCUT2D eigenvalue weighted by atomic mass is 16.2. The van der Waals surface area contributed by atoms with E-state index in [1.807, 2.05) is 61.5 Å². The molecule has 7 N–H and O–H groups in total. The highest BCUT2D eigenvalue weighted by Crippen LogP contribution is 2.37. The first-order valence-corrected chi connectivity index (χ1v) is 13.6. The zero-order valence-corrected chi connectivity index (χ0v) is 22.5. The number of H-pyrrole nitrogens is 1. The molecule has 40 heavy (non-hydrogen) atoms. The molecule has 9 heteroatoms. The molecule has 9 nitrogen and oxygen atoms in total. The first-order valence-electron chi connectivity index (χ1n) is 13.6. The van der Waals surface area contributed by atoms with Crippen LogP contribution in [0.3, 0.4) is 0 Å². The van der Waals surface area contributed by atoms with Gasteiger partial charge in [0.05, 0.1) is 6.54 Å². The molecule has 4 aromatic rings. The van der Waals surface area contributed by atoms with Gasteiger partial charge in [-0.3, -0.25) is 9.59 Å². The molecular weight excluding hydrogens is 504 g/mol. The normalized spacial score (nSPS) is 12.3. The monoisotopic (exact) mass is 538 g/mol. The maximum absolute atomic E-state index is 13.3. The number of aromatic nitrogens is 1. The number of hydrogen-bond donors (Lipinski definition) is 6. The average Bonchev–Trinajstić information content (AvgIpc) is 3.50. The van der Waals surface area contributed by atoms with Crippen molar-refractivity contribution in [3.63, 3.8) is 0 Å². The zero-order valence-electron chi connectivity index (χ0n) is 22.5. The number of nitrogens with one attached hydrogen (secondary N) is 5. The second kappa shape index (κ2) is 12.0. The average molecular weight is 539 g/mol. The fourth-order valence-corrected chi connectivity index (χ4v) is 5.18. The second-order valence-electron chi connectivity index (χ2n) is 10.2. The Hall–Kier alpha value is -4.63. The van der Waals surface area contributed by atoms with Crippen LogP contribution in [0.2, 0.25) is 0 Å². The Morgan fingerprint density at radius 3 is 2.52 bits per heavy atom. The van der Waals surface area contributed by atoms with Crippen LogP contribution in [0.15, 0.2) is 66.7 Å². The minimum absolute atomic E-state index is 0.0629. The van der Waals surface area contributed by atoms with Gasteiger partial charge in [-0.1, -0.05) is 30.3 Å². The van der Waals surface area contributed by atoms with Crippen LogP contribution < -0.4 is 27.0 Å². The van der Waals surface area contributed by atoms with E-state index < -0.39 is 12.1 Å². The number of nitrogens with two attached hydrogens (primary N) is 1. The molecule has 0 fully saturated rings. The number of fused-ring (bicyclic) bond motifs is 4. The van der Waals surface area contributed by atoms with Crippen LogP contribution >= 0.6 is 0 Å². The summed E-state index contributed by atoms with van der Waals surface area (Å²) in [5.41, 5.74) is 13.5. The number of rotatable bonds is 10.